The molecule has 1 fully saturated rings. The van der Waals surface area contributed by atoms with Gasteiger partial charge in [-0.15, -0.1) is 0 Å². The summed E-state index contributed by atoms with van der Waals surface area (Å²) in [6.07, 6.45) is -1.83. The van der Waals surface area contributed by atoms with Crippen LogP contribution in [0.4, 0.5) is 17.6 Å². The van der Waals surface area contributed by atoms with Gasteiger partial charge in [0.05, 0.1) is 11.1 Å². The van der Waals surface area contributed by atoms with E-state index in [0.29, 0.717) is 25.6 Å². The Labute approximate surface area is 126 Å². The Morgan fingerprint density at radius 2 is 2.05 bits per heavy atom. The molecule has 1 aromatic rings. The average Bonchev–Trinajstić information content (AvgIpc) is 2.46. The lowest BCUT2D eigenvalue weighted by atomic mass is 9.97. The van der Waals surface area contributed by atoms with Crippen molar-refractivity contribution in [2.45, 2.75) is 37.9 Å². The first-order valence-electron chi connectivity index (χ1n) is 7.23. The van der Waals surface area contributed by atoms with Crippen molar-refractivity contribution in [3.05, 3.63) is 35.1 Å². The van der Waals surface area contributed by atoms with Crippen molar-refractivity contribution in [1.29, 1.82) is 0 Å². The lowest BCUT2D eigenvalue weighted by Gasteiger charge is -2.36. The summed E-state index contributed by atoms with van der Waals surface area (Å²) in [5.41, 5.74) is 3.57. The average molecular weight is 318 g/mol. The molecule has 1 aliphatic heterocycles. The van der Waals surface area contributed by atoms with Gasteiger partial charge in [-0.3, -0.25) is 4.79 Å². The normalized spacial score (nSPS) is 19.3. The van der Waals surface area contributed by atoms with Crippen LogP contribution in [0.3, 0.4) is 0 Å². The summed E-state index contributed by atoms with van der Waals surface area (Å²) in [7, 11) is 0. The SMILES string of the molecule is NCC[C@@H]1CCCCN1C(=O)c1cccc(C(F)(F)F)c1F. The second-order valence-corrected chi connectivity index (χ2v) is 5.39. The lowest BCUT2D eigenvalue weighted by Crippen LogP contribution is -2.45. The summed E-state index contributed by atoms with van der Waals surface area (Å²) in [6, 6.07) is 2.65. The molecule has 0 saturated carbocycles. The fourth-order valence-corrected chi connectivity index (χ4v) is 2.83. The number of piperidine rings is 1. The third-order valence-corrected chi connectivity index (χ3v) is 3.92. The molecule has 2 rings (SSSR count). The first-order valence-corrected chi connectivity index (χ1v) is 7.23. The number of carbonyl (C=O) groups excluding carboxylic acids is 1. The van der Waals surface area contributed by atoms with Gasteiger partial charge >= 0.3 is 6.18 Å². The molecule has 1 atom stereocenters. The van der Waals surface area contributed by atoms with Crippen LogP contribution in [0.15, 0.2) is 18.2 Å². The fourth-order valence-electron chi connectivity index (χ4n) is 2.83. The largest absolute Gasteiger partial charge is 0.419 e. The van der Waals surface area contributed by atoms with Gasteiger partial charge in [-0.05, 0) is 44.4 Å². The first-order chi connectivity index (χ1) is 10.4. The fraction of sp³-hybridized carbons (Fsp3) is 0.533. The Balaban J connectivity index is 2.32. The number of hydrogen-bond acceptors (Lipinski definition) is 2. The standard InChI is InChI=1S/C15H18F4N2O/c16-13-11(5-3-6-12(13)15(17,18)19)14(22)21-9-2-1-4-10(21)7-8-20/h3,5-6,10H,1-2,4,7-9,20H2/t10-/m0/s1. The Morgan fingerprint density at radius 1 is 1.32 bits per heavy atom. The zero-order valence-corrected chi connectivity index (χ0v) is 12.0. The summed E-state index contributed by atoms with van der Waals surface area (Å²) in [6.45, 7) is 0.790. The van der Waals surface area contributed by atoms with E-state index < -0.39 is 29.0 Å². The number of rotatable bonds is 3. The van der Waals surface area contributed by atoms with E-state index >= 15 is 0 Å². The quantitative estimate of drug-likeness (QED) is 0.870. The van der Waals surface area contributed by atoms with Gasteiger partial charge in [0.15, 0.2) is 0 Å². The number of amides is 1. The highest BCUT2D eigenvalue weighted by molar-refractivity contribution is 5.95. The van der Waals surface area contributed by atoms with Crippen molar-refractivity contribution < 1.29 is 22.4 Å². The Morgan fingerprint density at radius 3 is 2.68 bits per heavy atom. The molecular formula is C15H18F4N2O. The van der Waals surface area contributed by atoms with Gasteiger partial charge < -0.3 is 10.6 Å². The number of carbonyl (C=O) groups is 1. The molecule has 2 N–H and O–H groups in total. The van der Waals surface area contributed by atoms with E-state index in [0.717, 1.165) is 31.4 Å². The maximum Gasteiger partial charge on any atom is 0.419 e. The Bertz CT molecular complexity index is 543. The molecule has 0 aliphatic carbocycles. The van der Waals surface area contributed by atoms with Crippen molar-refractivity contribution in [2.75, 3.05) is 13.1 Å². The van der Waals surface area contributed by atoms with Crippen molar-refractivity contribution in [3.63, 3.8) is 0 Å². The van der Waals surface area contributed by atoms with E-state index in [1.807, 2.05) is 0 Å². The molecule has 7 heteroatoms. The van der Waals surface area contributed by atoms with Crippen LogP contribution in [0.5, 0.6) is 0 Å². The maximum atomic E-state index is 14.1. The molecule has 1 aliphatic rings. The number of benzene rings is 1. The summed E-state index contributed by atoms with van der Waals surface area (Å²) in [4.78, 5) is 13.9. The maximum absolute atomic E-state index is 14.1. The van der Waals surface area contributed by atoms with Crippen LogP contribution in [0, 0.1) is 5.82 Å². The molecule has 22 heavy (non-hydrogen) atoms. The molecular weight excluding hydrogens is 300 g/mol. The van der Waals surface area contributed by atoms with Crippen LogP contribution < -0.4 is 5.73 Å². The molecule has 0 spiro atoms. The minimum Gasteiger partial charge on any atom is -0.336 e. The molecule has 0 aromatic heterocycles. The van der Waals surface area contributed by atoms with Crippen LogP contribution in [-0.4, -0.2) is 29.9 Å². The van der Waals surface area contributed by atoms with Gasteiger partial charge in [-0.2, -0.15) is 13.2 Å². The summed E-state index contributed by atoms with van der Waals surface area (Å²) < 4.78 is 52.3. The first kappa shape index (κ1) is 16.7. The zero-order valence-electron chi connectivity index (χ0n) is 12.0. The zero-order chi connectivity index (χ0) is 16.3. The number of halogens is 4. The van der Waals surface area contributed by atoms with Gasteiger partial charge in [0, 0.05) is 12.6 Å². The van der Waals surface area contributed by atoms with E-state index in [-0.39, 0.29) is 6.04 Å². The third kappa shape index (κ3) is 3.40. The number of alkyl halides is 3. The Kier molecular flexibility index (Phi) is 5.05. The molecule has 1 heterocycles. The topological polar surface area (TPSA) is 46.3 Å². The smallest absolute Gasteiger partial charge is 0.336 e. The number of likely N-dealkylation sites (tertiary alicyclic amines) is 1. The van der Waals surface area contributed by atoms with E-state index in [1.165, 1.54) is 4.90 Å². The lowest BCUT2D eigenvalue weighted by molar-refractivity contribution is -0.140. The van der Waals surface area contributed by atoms with Crippen molar-refractivity contribution in [2.24, 2.45) is 5.73 Å². The highest BCUT2D eigenvalue weighted by Gasteiger charge is 2.37. The molecule has 0 radical (unpaired) electrons. The van der Waals surface area contributed by atoms with Crippen molar-refractivity contribution in [1.82, 2.24) is 4.90 Å². The van der Waals surface area contributed by atoms with E-state index in [4.69, 9.17) is 5.73 Å². The number of nitrogens with two attached hydrogens (primary N) is 1. The molecule has 3 nitrogen and oxygen atoms in total. The molecule has 0 unspecified atom stereocenters. The molecule has 122 valence electrons. The third-order valence-electron chi connectivity index (χ3n) is 3.92. The van der Waals surface area contributed by atoms with E-state index in [2.05, 4.69) is 0 Å². The van der Waals surface area contributed by atoms with Crippen LogP contribution >= 0.6 is 0 Å². The number of hydrogen-bond donors (Lipinski definition) is 1. The van der Waals surface area contributed by atoms with Crippen LogP contribution in [0.1, 0.15) is 41.6 Å². The van der Waals surface area contributed by atoms with Crippen molar-refractivity contribution in [3.8, 4) is 0 Å². The minimum atomic E-state index is -4.82. The van der Waals surface area contributed by atoms with Gasteiger partial charge in [0.25, 0.3) is 5.91 Å². The van der Waals surface area contributed by atoms with Gasteiger partial charge in [0.2, 0.25) is 0 Å². The Hall–Kier alpha value is -1.63. The second kappa shape index (κ2) is 6.64. The summed E-state index contributed by atoms with van der Waals surface area (Å²) >= 11 is 0. The van der Waals surface area contributed by atoms with Gasteiger partial charge in [-0.1, -0.05) is 6.07 Å². The summed E-state index contributed by atoms with van der Waals surface area (Å²) in [5, 5.41) is 0. The van der Waals surface area contributed by atoms with Crippen LogP contribution in [-0.2, 0) is 6.18 Å². The molecule has 1 aromatic carbocycles. The van der Waals surface area contributed by atoms with E-state index in [9.17, 15) is 22.4 Å². The monoisotopic (exact) mass is 318 g/mol. The van der Waals surface area contributed by atoms with Crippen LogP contribution in [0.2, 0.25) is 0 Å². The van der Waals surface area contributed by atoms with Gasteiger partial charge in [-0.25, -0.2) is 4.39 Å². The van der Waals surface area contributed by atoms with E-state index in [1.54, 1.807) is 0 Å². The minimum absolute atomic E-state index is 0.139. The van der Waals surface area contributed by atoms with Crippen LogP contribution in [0.25, 0.3) is 0 Å². The molecule has 1 amide bonds. The highest BCUT2D eigenvalue weighted by Crippen LogP contribution is 2.33. The second-order valence-electron chi connectivity index (χ2n) is 5.39. The highest BCUT2D eigenvalue weighted by atomic mass is 19.4. The van der Waals surface area contributed by atoms with Crippen molar-refractivity contribution >= 4 is 5.91 Å². The van der Waals surface area contributed by atoms with Gasteiger partial charge in [0.1, 0.15) is 5.82 Å². The predicted molar refractivity (Wildman–Crippen MR) is 73.7 cm³/mol. The molecule has 0 bridgehead atoms. The summed E-state index contributed by atoms with van der Waals surface area (Å²) in [5.74, 6) is -2.20. The predicted octanol–water partition coefficient (Wildman–Crippen LogP) is 3.19. The number of nitrogens with zero attached hydrogens (tertiary/aromatic N) is 1. The molecule has 1 saturated heterocycles.